The van der Waals surface area contributed by atoms with Crippen molar-refractivity contribution < 1.29 is 18.7 Å². The van der Waals surface area contributed by atoms with Crippen LogP contribution < -0.4 is 20.3 Å². The largest absolute Gasteiger partial charge is 0.496 e. The van der Waals surface area contributed by atoms with Crippen LogP contribution in [0, 0.1) is 0 Å². The van der Waals surface area contributed by atoms with E-state index in [2.05, 4.69) is 10.6 Å². The van der Waals surface area contributed by atoms with E-state index in [1.807, 2.05) is 67.6 Å². The minimum atomic E-state index is -0.654. The van der Waals surface area contributed by atoms with E-state index in [0.717, 1.165) is 29.1 Å². The zero-order chi connectivity index (χ0) is 24.4. The van der Waals surface area contributed by atoms with Gasteiger partial charge in [0.25, 0.3) is 0 Å². The van der Waals surface area contributed by atoms with Crippen LogP contribution in [0.5, 0.6) is 5.75 Å². The number of hydrogen-bond donors (Lipinski definition) is 2. The Labute approximate surface area is 204 Å². The topological polar surface area (TPSA) is 83.8 Å². The fraction of sp³-hybridized carbons (Fsp3) is 0.286. The number of rotatable bonds is 5. The molecule has 2 aromatic carbocycles. The van der Waals surface area contributed by atoms with Gasteiger partial charge in [0, 0.05) is 35.7 Å². The maximum atomic E-state index is 13.9. The molecule has 0 unspecified atom stereocenters. The standard InChI is InChI=1S/C28H29N3O4/c1-3-14-29-28(33)31-22-11-6-5-10-20(22)30-21-16-18(24-13-8-15-35-24)17-23(32)26(21)27(31)19-9-4-7-12-25(19)34-2/h4-13,15,18,27,30H,3,14,16-17H2,1-2H3,(H,29,33)/t18-,27-/m1/s1. The molecule has 7 nitrogen and oxygen atoms in total. The van der Waals surface area contributed by atoms with E-state index in [1.165, 1.54) is 0 Å². The summed E-state index contributed by atoms with van der Waals surface area (Å²) < 4.78 is 11.4. The summed E-state index contributed by atoms with van der Waals surface area (Å²) in [6, 6.07) is 18.1. The summed E-state index contributed by atoms with van der Waals surface area (Å²) in [4.78, 5) is 29.2. The fourth-order valence-corrected chi connectivity index (χ4v) is 5.04. The molecule has 0 fully saturated rings. The maximum Gasteiger partial charge on any atom is 0.322 e. The van der Waals surface area contributed by atoms with Crippen LogP contribution in [0.3, 0.4) is 0 Å². The summed E-state index contributed by atoms with van der Waals surface area (Å²) >= 11 is 0. The number of Topliss-reactive ketones (excluding diaryl/α,β-unsaturated/α-hetero) is 1. The van der Waals surface area contributed by atoms with E-state index in [4.69, 9.17) is 9.15 Å². The molecule has 180 valence electrons. The molecule has 2 atom stereocenters. The Hall–Kier alpha value is -4.00. The summed E-state index contributed by atoms with van der Waals surface area (Å²) in [6.07, 6.45) is 3.34. The number of carbonyl (C=O) groups excluding carboxylic acids is 2. The molecular formula is C28H29N3O4. The Balaban J connectivity index is 1.73. The van der Waals surface area contributed by atoms with E-state index < -0.39 is 6.04 Å². The van der Waals surface area contributed by atoms with Gasteiger partial charge in [-0.15, -0.1) is 0 Å². The van der Waals surface area contributed by atoms with Crippen molar-refractivity contribution in [2.75, 3.05) is 23.9 Å². The monoisotopic (exact) mass is 471 g/mol. The van der Waals surface area contributed by atoms with E-state index in [0.29, 0.717) is 36.4 Å². The number of carbonyl (C=O) groups is 2. The number of furan rings is 1. The van der Waals surface area contributed by atoms with Crippen molar-refractivity contribution >= 4 is 23.2 Å². The average molecular weight is 472 g/mol. The number of methoxy groups -OCH3 is 1. The molecule has 1 aliphatic heterocycles. The molecule has 2 amide bonds. The smallest absolute Gasteiger partial charge is 0.322 e. The molecule has 0 radical (unpaired) electrons. The molecule has 0 spiro atoms. The zero-order valence-electron chi connectivity index (χ0n) is 19.9. The van der Waals surface area contributed by atoms with Gasteiger partial charge in [0.15, 0.2) is 5.78 Å². The van der Waals surface area contributed by atoms with Gasteiger partial charge < -0.3 is 19.8 Å². The SMILES string of the molecule is CCCNC(=O)N1c2ccccc2NC2=C(C(=O)C[C@H](c3ccco3)C2)[C@H]1c1ccccc1OC. The Morgan fingerprint density at radius 1 is 1.11 bits per heavy atom. The Morgan fingerprint density at radius 3 is 2.69 bits per heavy atom. The van der Waals surface area contributed by atoms with Crippen LogP contribution in [0.25, 0.3) is 0 Å². The van der Waals surface area contributed by atoms with Crippen LogP contribution in [-0.2, 0) is 4.79 Å². The minimum absolute atomic E-state index is 0.0165. The zero-order valence-corrected chi connectivity index (χ0v) is 19.9. The van der Waals surface area contributed by atoms with E-state index >= 15 is 0 Å². The van der Waals surface area contributed by atoms with Crippen molar-refractivity contribution in [1.29, 1.82) is 0 Å². The van der Waals surface area contributed by atoms with Gasteiger partial charge in [-0.25, -0.2) is 4.79 Å². The van der Waals surface area contributed by atoms with Crippen LogP contribution in [-0.4, -0.2) is 25.5 Å². The van der Waals surface area contributed by atoms with Crippen molar-refractivity contribution in [2.45, 2.75) is 38.1 Å². The first-order valence-electron chi connectivity index (χ1n) is 12.0. The second kappa shape index (κ2) is 9.70. The first kappa shape index (κ1) is 22.8. The van der Waals surface area contributed by atoms with Crippen molar-refractivity contribution in [1.82, 2.24) is 5.32 Å². The molecule has 5 rings (SSSR count). The number of nitrogens with zero attached hydrogens (tertiary/aromatic N) is 1. The van der Waals surface area contributed by atoms with Crippen molar-refractivity contribution in [3.63, 3.8) is 0 Å². The van der Waals surface area contributed by atoms with Gasteiger partial charge in [-0.05, 0) is 43.2 Å². The molecule has 1 aliphatic carbocycles. The van der Waals surface area contributed by atoms with Crippen molar-refractivity contribution in [2.24, 2.45) is 0 Å². The second-order valence-electron chi connectivity index (χ2n) is 8.82. The number of hydrogen-bond acceptors (Lipinski definition) is 5. The number of urea groups is 1. The number of allylic oxidation sites excluding steroid dienone is 1. The highest BCUT2D eigenvalue weighted by Gasteiger charge is 2.43. The summed E-state index contributed by atoms with van der Waals surface area (Å²) in [5, 5.41) is 6.54. The molecule has 2 aliphatic rings. The first-order chi connectivity index (χ1) is 17.1. The molecule has 2 N–H and O–H groups in total. The lowest BCUT2D eigenvalue weighted by Crippen LogP contribution is -2.44. The number of anilines is 2. The second-order valence-corrected chi connectivity index (χ2v) is 8.82. The average Bonchev–Trinajstić information content (AvgIpc) is 3.37. The van der Waals surface area contributed by atoms with E-state index in [1.54, 1.807) is 18.3 Å². The highest BCUT2D eigenvalue weighted by Crippen LogP contribution is 2.48. The van der Waals surface area contributed by atoms with Crippen LogP contribution in [0.15, 0.2) is 82.6 Å². The van der Waals surface area contributed by atoms with Gasteiger partial charge in [-0.2, -0.15) is 0 Å². The molecule has 3 aromatic rings. The third-order valence-electron chi connectivity index (χ3n) is 6.61. The summed E-state index contributed by atoms with van der Waals surface area (Å²) in [5.74, 6) is 1.32. The van der Waals surface area contributed by atoms with Crippen LogP contribution in [0.1, 0.15) is 49.5 Å². The summed E-state index contributed by atoms with van der Waals surface area (Å²) in [6.45, 7) is 2.54. The van der Waals surface area contributed by atoms with Gasteiger partial charge >= 0.3 is 6.03 Å². The number of ketones is 1. The molecule has 0 saturated carbocycles. The normalized spacial score (nSPS) is 19.4. The third-order valence-corrected chi connectivity index (χ3v) is 6.61. The number of benzene rings is 2. The number of amides is 2. The Morgan fingerprint density at radius 2 is 1.91 bits per heavy atom. The van der Waals surface area contributed by atoms with Gasteiger partial charge in [-0.3, -0.25) is 9.69 Å². The van der Waals surface area contributed by atoms with Crippen LogP contribution in [0.4, 0.5) is 16.2 Å². The molecule has 0 saturated heterocycles. The quantitative estimate of drug-likeness (QED) is 0.493. The van der Waals surface area contributed by atoms with E-state index in [-0.39, 0.29) is 17.7 Å². The predicted octanol–water partition coefficient (Wildman–Crippen LogP) is 5.78. The number of fused-ring (bicyclic) bond motifs is 1. The van der Waals surface area contributed by atoms with Crippen LogP contribution >= 0.6 is 0 Å². The predicted molar refractivity (Wildman–Crippen MR) is 135 cm³/mol. The Bertz CT molecular complexity index is 1260. The third kappa shape index (κ3) is 4.18. The lowest BCUT2D eigenvalue weighted by Gasteiger charge is -2.35. The number of ether oxygens (including phenoxy) is 1. The lowest BCUT2D eigenvalue weighted by atomic mass is 9.80. The molecule has 0 bridgehead atoms. The Kier molecular flexibility index (Phi) is 6.31. The highest BCUT2D eigenvalue weighted by molar-refractivity contribution is 6.06. The fourth-order valence-electron chi connectivity index (χ4n) is 5.04. The number of nitrogens with one attached hydrogen (secondary N) is 2. The van der Waals surface area contributed by atoms with Gasteiger partial charge in [0.05, 0.1) is 30.8 Å². The molecule has 1 aromatic heterocycles. The highest BCUT2D eigenvalue weighted by atomic mass is 16.5. The van der Waals surface area contributed by atoms with Crippen LogP contribution in [0.2, 0.25) is 0 Å². The number of para-hydroxylation sites is 3. The van der Waals surface area contributed by atoms with Gasteiger partial charge in [0.1, 0.15) is 11.5 Å². The lowest BCUT2D eigenvalue weighted by molar-refractivity contribution is -0.116. The maximum absolute atomic E-state index is 13.9. The van der Waals surface area contributed by atoms with E-state index in [9.17, 15) is 9.59 Å². The molecular weight excluding hydrogens is 442 g/mol. The van der Waals surface area contributed by atoms with Crippen molar-refractivity contribution in [3.8, 4) is 5.75 Å². The van der Waals surface area contributed by atoms with Crippen molar-refractivity contribution in [3.05, 3.63) is 89.5 Å². The first-order valence-corrected chi connectivity index (χ1v) is 12.0. The molecule has 2 heterocycles. The molecule has 7 heteroatoms. The summed E-state index contributed by atoms with van der Waals surface area (Å²) in [5.41, 5.74) is 3.63. The van der Waals surface area contributed by atoms with Gasteiger partial charge in [0.2, 0.25) is 0 Å². The minimum Gasteiger partial charge on any atom is -0.496 e. The molecule has 35 heavy (non-hydrogen) atoms. The summed E-state index contributed by atoms with van der Waals surface area (Å²) in [7, 11) is 1.61. The van der Waals surface area contributed by atoms with Gasteiger partial charge in [-0.1, -0.05) is 37.3 Å².